The van der Waals surface area contributed by atoms with Crippen molar-refractivity contribution in [3.63, 3.8) is 0 Å². The summed E-state index contributed by atoms with van der Waals surface area (Å²) in [6, 6.07) is 3.09. The summed E-state index contributed by atoms with van der Waals surface area (Å²) in [5, 5.41) is 8.54. The van der Waals surface area contributed by atoms with E-state index in [0.29, 0.717) is 6.07 Å². The van der Waals surface area contributed by atoms with Crippen molar-refractivity contribution in [2.75, 3.05) is 7.11 Å². The summed E-state index contributed by atoms with van der Waals surface area (Å²) in [5.41, 5.74) is -0.841. The lowest BCUT2D eigenvalue weighted by atomic mass is 10.1. The minimum Gasteiger partial charge on any atom is -0.495 e. The predicted molar refractivity (Wildman–Crippen MR) is 42.6 cm³/mol. The average molecular weight is 201 g/mol. The van der Waals surface area contributed by atoms with Crippen LogP contribution in [-0.4, -0.2) is 7.11 Å². The van der Waals surface area contributed by atoms with Gasteiger partial charge in [0.1, 0.15) is 17.6 Å². The van der Waals surface area contributed by atoms with Crippen molar-refractivity contribution < 1.29 is 17.9 Å². The van der Waals surface area contributed by atoms with Crippen LogP contribution in [0.2, 0.25) is 0 Å². The number of alkyl halides is 2. The fourth-order valence-corrected chi connectivity index (χ4v) is 1.09. The van der Waals surface area contributed by atoms with Crippen LogP contribution in [0.5, 0.6) is 5.75 Å². The van der Waals surface area contributed by atoms with Crippen molar-refractivity contribution in [2.24, 2.45) is 0 Å². The zero-order chi connectivity index (χ0) is 10.7. The second-order valence-electron chi connectivity index (χ2n) is 2.49. The van der Waals surface area contributed by atoms with Crippen LogP contribution < -0.4 is 4.74 Å². The molecule has 0 atom stereocenters. The first-order chi connectivity index (χ1) is 6.60. The van der Waals surface area contributed by atoms with Gasteiger partial charge >= 0.3 is 0 Å². The molecule has 0 aliphatic carbocycles. The highest BCUT2D eigenvalue weighted by atomic mass is 19.3. The third kappa shape index (κ3) is 1.79. The fraction of sp³-hybridized carbons (Fsp3) is 0.222. The molecule has 0 saturated carbocycles. The fourth-order valence-electron chi connectivity index (χ4n) is 1.09. The number of methoxy groups -OCH3 is 1. The van der Waals surface area contributed by atoms with Crippen LogP contribution in [0.25, 0.3) is 0 Å². The molecule has 2 nitrogen and oxygen atoms in total. The van der Waals surface area contributed by atoms with Crippen molar-refractivity contribution >= 4 is 0 Å². The molecule has 0 aliphatic heterocycles. The predicted octanol–water partition coefficient (Wildman–Crippen LogP) is 2.64. The Labute approximate surface area is 78.5 Å². The molecule has 0 bridgehead atoms. The molecular formula is C9H6F3NO. The Kier molecular flexibility index (Phi) is 2.97. The van der Waals surface area contributed by atoms with Gasteiger partial charge in [-0.2, -0.15) is 5.26 Å². The van der Waals surface area contributed by atoms with Crippen molar-refractivity contribution in [3.8, 4) is 11.8 Å². The number of rotatable bonds is 2. The van der Waals surface area contributed by atoms with E-state index in [4.69, 9.17) is 5.26 Å². The van der Waals surface area contributed by atoms with E-state index in [-0.39, 0.29) is 11.3 Å². The second kappa shape index (κ2) is 4.01. The lowest BCUT2D eigenvalue weighted by Gasteiger charge is -2.08. The van der Waals surface area contributed by atoms with Gasteiger partial charge in [-0.15, -0.1) is 0 Å². The molecule has 0 N–H and O–H groups in total. The Balaban J connectivity index is 3.41. The molecule has 0 aliphatic rings. The highest BCUT2D eigenvalue weighted by Gasteiger charge is 2.18. The number of nitrogens with zero attached hydrogens (tertiary/aromatic N) is 1. The summed E-state index contributed by atoms with van der Waals surface area (Å²) in [4.78, 5) is 0. The van der Waals surface area contributed by atoms with E-state index in [1.165, 1.54) is 0 Å². The molecule has 5 heteroatoms. The van der Waals surface area contributed by atoms with E-state index in [9.17, 15) is 13.2 Å². The smallest absolute Gasteiger partial charge is 0.267 e. The Hall–Kier alpha value is -1.70. The second-order valence-corrected chi connectivity index (χ2v) is 2.49. The van der Waals surface area contributed by atoms with Gasteiger partial charge in [0, 0.05) is 0 Å². The number of nitriles is 1. The molecule has 0 radical (unpaired) electrons. The molecule has 1 aromatic carbocycles. The number of ether oxygens (including phenoxy) is 1. The van der Waals surface area contributed by atoms with Crippen molar-refractivity contribution in [2.45, 2.75) is 6.43 Å². The van der Waals surface area contributed by atoms with Gasteiger partial charge in [-0.3, -0.25) is 0 Å². The van der Waals surface area contributed by atoms with Gasteiger partial charge in [-0.1, -0.05) is 0 Å². The molecule has 0 heterocycles. The summed E-state index contributed by atoms with van der Waals surface area (Å²) in [6.45, 7) is 0. The van der Waals surface area contributed by atoms with Gasteiger partial charge in [-0.05, 0) is 12.1 Å². The molecule has 0 amide bonds. The Morgan fingerprint density at radius 2 is 2.07 bits per heavy atom. The minimum atomic E-state index is -2.87. The number of halogens is 3. The molecule has 0 saturated heterocycles. The van der Waals surface area contributed by atoms with E-state index in [2.05, 4.69) is 4.74 Å². The molecule has 74 valence electrons. The monoisotopic (exact) mass is 201 g/mol. The van der Waals surface area contributed by atoms with Crippen LogP contribution in [0.1, 0.15) is 17.6 Å². The maximum absolute atomic E-state index is 12.8. The van der Waals surface area contributed by atoms with Crippen LogP contribution in [0, 0.1) is 17.1 Å². The van der Waals surface area contributed by atoms with Crippen molar-refractivity contribution in [1.29, 1.82) is 5.26 Å². The summed E-state index contributed by atoms with van der Waals surface area (Å²) in [5.74, 6) is -1.15. The lowest BCUT2D eigenvalue weighted by Crippen LogP contribution is -1.97. The Morgan fingerprint density at radius 1 is 1.43 bits per heavy atom. The van der Waals surface area contributed by atoms with Gasteiger partial charge in [0.05, 0.1) is 18.2 Å². The topological polar surface area (TPSA) is 33.0 Å². The largest absolute Gasteiger partial charge is 0.495 e. The summed E-state index contributed by atoms with van der Waals surface area (Å²) < 4.78 is 42.1. The normalized spacial score (nSPS) is 10.0. The summed E-state index contributed by atoms with van der Waals surface area (Å²) in [7, 11) is 1.15. The molecule has 0 spiro atoms. The third-order valence-electron chi connectivity index (χ3n) is 1.64. The zero-order valence-corrected chi connectivity index (χ0v) is 7.22. The molecule has 1 aromatic rings. The van der Waals surface area contributed by atoms with Crippen LogP contribution in [0.3, 0.4) is 0 Å². The molecule has 0 fully saturated rings. The van der Waals surface area contributed by atoms with Crippen LogP contribution >= 0.6 is 0 Å². The summed E-state index contributed by atoms with van der Waals surface area (Å²) in [6.07, 6.45) is -2.87. The Bertz CT molecular complexity index is 384. The average Bonchev–Trinajstić information content (AvgIpc) is 2.16. The maximum Gasteiger partial charge on any atom is 0.267 e. The summed E-state index contributed by atoms with van der Waals surface area (Å²) >= 11 is 0. The van der Waals surface area contributed by atoms with Gasteiger partial charge in [0.25, 0.3) is 6.43 Å². The first kappa shape index (κ1) is 10.4. The van der Waals surface area contributed by atoms with Gasteiger partial charge in [0.15, 0.2) is 0 Å². The number of hydrogen-bond acceptors (Lipinski definition) is 2. The van der Waals surface area contributed by atoms with Crippen LogP contribution in [0.15, 0.2) is 12.1 Å². The molecule has 0 unspecified atom stereocenters. The van der Waals surface area contributed by atoms with Gasteiger partial charge < -0.3 is 4.74 Å². The maximum atomic E-state index is 12.8. The Morgan fingerprint density at radius 3 is 2.50 bits per heavy atom. The third-order valence-corrected chi connectivity index (χ3v) is 1.64. The van der Waals surface area contributed by atoms with Crippen LogP contribution in [0.4, 0.5) is 13.2 Å². The highest BCUT2D eigenvalue weighted by molar-refractivity contribution is 5.49. The van der Waals surface area contributed by atoms with E-state index in [1.54, 1.807) is 6.07 Å². The molecule has 14 heavy (non-hydrogen) atoms. The van der Waals surface area contributed by atoms with E-state index in [0.717, 1.165) is 13.2 Å². The first-order valence-corrected chi connectivity index (χ1v) is 3.65. The minimum absolute atomic E-state index is 0.234. The van der Waals surface area contributed by atoms with E-state index in [1.807, 2.05) is 0 Å². The van der Waals surface area contributed by atoms with E-state index < -0.39 is 17.8 Å². The van der Waals surface area contributed by atoms with Crippen LogP contribution in [-0.2, 0) is 0 Å². The van der Waals surface area contributed by atoms with Crippen molar-refractivity contribution in [3.05, 3.63) is 29.1 Å². The SMILES string of the molecule is COc1c(C#N)cc(F)cc1C(F)F. The van der Waals surface area contributed by atoms with E-state index >= 15 is 0 Å². The quantitative estimate of drug-likeness (QED) is 0.736. The van der Waals surface area contributed by atoms with Gasteiger partial charge in [0.2, 0.25) is 0 Å². The number of hydrogen-bond donors (Lipinski definition) is 0. The zero-order valence-electron chi connectivity index (χ0n) is 7.22. The molecule has 1 rings (SSSR count). The van der Waals surface area contributed by atoms with Crippen molar-refractivity contribution in [1.82, 2.24) is 0 Å². The van der Waals surface area contributed by atoms with Gasteiger partial charge in [-0.25, -0.2) is 13.2 Å². The standard InChI is InChI=1S/C9H6F3NO/c1-14-8-5(4-13)2-6(10)3-7(8)9(11)12/h2-3,9H,1H3. The lowest BCUT2D eigenvalue weighted by molar-refractivity contribution is 0.146. The number of benzene rings is 1. The highest BCUT2D eigenvalue weighted by Crippen LogP contribution is 2.32. The first-order valence-electron chi connectivity index (χ1n) is 3.65. The molecular weight excluding hydrogens is 195 g/mol. The molecule has 0 aromatic heterocycles.